The number of Topliss-reactive ketones (excluding diaryl/α,β-unsaturated/α-hetero) is 1. The third-order valence-corrected chi connectivity index (χ3v) is 17.9. The molecule has 306 valence electrons. The van der Waals surface area contributed by atoms with E-state index < -0.39 is 22.8 Å². The molecule has 8 atom stereocenters. The molecule has 2 N–H and O–H groups in total. The summed E-state index contributed by atoms with van der Waals surface area (Å²) in [4.78, 5) is 52.9. The second kappa shape index (κ2) is 13.3. The van der Waals surface area contributed by atoms with Gasteiger partial charge in [-0.25, -0.2) is 0 Å². The van der Waals surface area contributed by atoms with Crippen molar-refractivity contribution in [2.24, 2.45) is 55.7 Å². The van der Waals surface area contributed by atoms with Crippen LogP contribution in [0.25, 0.3) is 0 Å². The van der Waals surface area contributed by atoms with Crippen molar-refractivity contribution in [2.75, 3.05) is 0 Å². The van der Waals surface area contributed by atoms with Crippen LogP contribution in [0.15, 0.2) is 47.6 Å². The summed E-state index contributed by atoms with van der Waals surface area (Å²) in [5.74, 6) is -0.367. The molecule has 6 aliphatic rings. The second-order valence-electron chi connectivity index (χ2n) is 21.6. The standard InChI is InChI=1S/C48H66ClNO6/c1-29(2)38-32(51)27-47(22-18-36(52)50-48(25-26-48)30-11-13-31(49)14-12-30)24-23-46(10)44(8)20-15-33-42(5,6)35(56-37(53)28-41(3,4)40(54)55)17-19-43(33,7)34(44)16-21-45(46,9)39(38)47/h11-14,18,22,29,33-35H,15-17,19-21,23-28H2,1-10H3,(H,50,52)(H,54,55). The number of fused-ring (bicyclic) bond motifs is 7. The Morgan fingerprint density at radius 2 is 1.55 bits per heavy atom. The van der Waals surface area contributed by atoms with Crippen molar-refractivity contribution in [1.82, 2.24) is 5.32 Å². The number of esters is 1. The zero-order valence-corrected chi connectivity index (χ0v) is 36.4. The molecule has 0 bridgehead atoms. The van der Waals surface area contributed by atoms with Crippen LogP contribution in [0.5, 0.6) is 0 Å². The minimum Gasteiger partial charge on any atom is -0.481 e. The number of rotatable bonds is 9. The maximum absolute atomic E-state index is 14.2. The number of allylic oxidation sites excluding steroid dienone is 3. The maximum Gasteiger partial charge on any atom is 0.309 e. The van der Waals surface area contributed by atoms with E-state index in [4.69, 9.17) is 16.3 Å². The Morgan fingerprint density at radius 3 is 2.16 bits per heavy atom. The van der Waals surface area contributed by atoms with Crippen molar-refractivity contribution < 1.29 is 29.0 Å². The molecule has 0 aromatic heterocycles. The number of ketones is 1. The van der Waals surface area contributed by atoms with Gasteiger partial charge < -0.3 is 15.2 Å². The zero-order valence-electron chi connectivity index (χ0n) is 35.6. The summed E-state index contributed by atoms with van der Waals surface area (Å²) < 4.78 is 6.19. The average Bonchev–Trinajstić information content (AvgIpc) is 3.80. The van der Waals surface area contributed by atoms with Crippen LogP contribution in [0.4, 0.5) is 0 Å². The van der Waals surface area contributed by atoms with Crippen LogP contribution in [0, 0.1) is 55.7 Å². The summed E-state index contributed by atoms with van der Waals surface area (Å²) in [6, 6.07) is 7.77. The molecule has 8 unspecified atom stereocenters. The lowest BCUT2D eigenvalue weighted by Crippen LogP contribution is -2.68. The van der Waals surface area contributed by atoms with Gasteiger partial charge in [-0.3, -0.25) is 19.2 Å². The van der Waals surface area contributed by atoms with Crippen molar-refractivity contribution in [3.05, 3.63) is 58.1 Å². The van der Waals surface area contributed by atoms with Crippen LogP contribution in [0.3, 0.4) is 0 Å². The Balaban J connectivity index is 1.17. The third kappa shape index (κ3) is 6.00. The zero-order chi connectivity index (χ0) is 41.1. The molecule has 1 aromatic carbocycles. The highest BCUT2D eigenvalue weighted by Crippen LogP contribution is 2.80. The fraction of sp³-hybridized carbons (Fsp3) is 0.708. The Hall–Kier alpha value is -2.93. The molecular weight excluding hydrogens is 722 g/mol. The largest absolute Gasteiger partial charge is 0.481 e. The maximum atomic E-state index is 14.2. The fourth-order valence-electron chi connectivity index (χ4n) is 14.1. The van der Waals surface area contributed by atoms with Gasteiger partial charge in [0.1, 0.15) is 6.10 Å². The number of carboxylic acid groups (broad SMARTS) is 1. The van der Waals surface area contributed by atoms with Crippen LogP contribution in [0.2, 0.25) is 5.02 Å². The predicted molar refractivity (Wildman–Crippen MR) is 220 cm³/mol. The number of amides is 1. The normalized spacial score (nSPS) is 38.4. The molecule has 6 aliphatic carbocycles. The second-order valence-corrected chi connectivity index (χ2v) is 22.0. The van der Waals surface area contributed by atoms with Crippen molar-refractivity contribution >= 4 is 35.2 Å². The van der Waals surface area contributed by atoms with Crippen molar-refractivity contribution in [3.63, 3.8) is 0 Å². The SMILES string of the molecule is CC(C)C1=C2C(C=CC(=O)NC3(c4ccc(Cl)cc4)CC3)(CCC3(C)C2(C)CCC2C4(C)CCC(OC(=O)CC(C)(C)C(=O)O)C(C)(C)C4CCC23C)CC1=O. The van der Waals surface area contributed by atoms with Gasteiger partial charge >= 0.3 is 11.9 Å². The molecule has 0 radical (unpaired) electrons. The van der Waals surface area contributed by atoms with E-state index >= 15 is 0 Å². The van der Waals surface area contributed by atoms with E-state index in [0.717, 1.165) is 75.3 Å². The molecule has 7 rings (SSSR count). The highest BCUT2D eigenvalue weighted by molar-refractivity contribution is 6.30. The van der Waals surface area contributed by atoms with Crippen LogP contribution in [-0.2, 0) is 29.5 Å². The van der Waals surface area contributed by atoms with E-state index in [1.54, 1.807) is 19.9 Å². The predicted octanol–water partition coefficient (Wildman–Crippen LogP) is 10.8. The summed E-state index contributed by atoms with van der Waals surface area (Å²) in [5, 5.41) is 13.6. The number of carboxylic acids is 1. The number of benzene rings is 1. The van der Waals surface area contributed by atoms with Gasteiger partial charge in [0.25, 0.3) is 0 Å². The third-order valence-electron chi connectivity index (χ3n) is 17.6. The Kier molecular flexibility index (Phi) is 9.79. The van der Waals surface area contributed by atoms with E-state index in [1.165, 1.54) is 5.57 Å². The number of hydrogen-bond acceptors (Lipinski definition) is 5. The highest BCUT2D eigenvalue weighted by atomic mass is 35.5. The Bertz CT molecular complexity index is 1890. The number of carbonyl (C=O) groups is 4. The van der Waals surface area contributed by atoms with Crippen molar-refractivity contribution in [1.29, 1.82) is 0 Å². The number of aliphatic carboxylic acids is 1. The summed E-state index contributed by atoms with van der Waals surface area (Å²) in [6.45, 7) is 22.1. The lowest BCUT2D eigenvalue weighted by atomic mass is 9.30. The van der Waals surface area contributed by atoms with E-state index in [1.807, 2.05) is 24.3 Å². The molecule has 1 amide bonds. The van der Waals surface area contributed by atoms with E-state index in [2.05, 4.69) is 66.8 Å². The van der Waals surface area contributed by atoms with Crippen molar-refractivity contribution in [3.8, 4) is 0 Å². The van der Waals surface area contributed by atoms with E-state index in [9.17, 15) is 24.3 Å². The number of nitrogens with one attached hydrogen (secondary N) is 1. The van der Waals surface area contributed by atoms with Gasteiger partial charge in [0, 0.05) is 22.3 Å². The summed E-state index contributed by atoms with van der Waals surface area (Å²) in [6.07, 6.45) is 13.4. The first-order chi connectivity index (χ1) is 25.9. The lowest BCUT2D eigenvalue weighted by molar-refractivity contribution is -0.248. The highest BCUT2D eigenvalue weighted by Gasteiger charge is 2.73. The van der Waals surface area contributed by atoms with Gasteiger partial charge in [-0.05, 0) is 152 Å². The quantitative estimate of drug-likeness (QED) is 0.190. The van der Waals surface area contributed by atoms with Crippen LogP contribution in [0.1, 0.15) is 152 Å². The Morgan fingerprint density at radius 1 is 0.911 bits per heavy atom. The fourth-order valence-corrected chi connectivity index (χ4v) is 14.3. The van der Waals surface area contributed by atoms with Gasteiger partial charge in [-0.2, -0.15) is 0 Å². The average molecular weight is 789 g/mol. The van der Waals surface area contributed by atoms with E-state index in [-0.39, 0.29) is 62.7 Å². The number of halogens is 1. The smallest absolute Gasteiger partial charge is 0.309 e. The molecule has 0 heterocycles. The molecule has 0 aliphatic heterocycles. The molecule has 8 heteroatoms. The lowest BCUT2D eigenvalue weighted by Gasteiger charge is -2.74. The number of carbonyl (C=O) groups excluding carboxylic acids is 3. The molecule has 0 spiro atoms. The molecule has 5 fully saturated rings. The van der Waals surface area contributed by atoms with Gasteiger partial charge in [-0.1, -0.05) is 85.2 Å². The van der Waals surface area contributed by atoms with Crippen molar-refractivity contribution in [2.45, 2.75) is 158 Å². The number of hydrogen-bond donors (Lipinski definition) is 2. The molecule has 56 heavy (non-hydrogen) atoms. The van der Waals surface area contributed by atoms with Gasteiger partial charge in [0.2, 0.25) is 5.91 Å². The molecule has 1 aromatic rings. The van der Waals surface area contributed by atoms with E-state index in [0.29, 0.717) is 23.3 Å². The molecule has 0 saturated heterocycles. The van der Waals surface area contributed by atoms with Crippen LogP contribution in [-0.4, -0.2) is 34.8 Å². The first-order valence-electron chi connectivity index (χ1n) is 21.4. The minimum absolute atomic E-state index is 0.0151. The molecule has 7 nitrogen and oxygen atoms in total. The summed E-state index contributed by atoms with van der Waals surface area (Å²) >= 11 is 6.17. The summed E-state index contributed by atoms with van der Waals surface area (Å²) in [7, 11) is 0. The van der Waals surface area contributed by atoms with Crippen LogP contribution >= 0.6 is 11.6 Å². The molecular formula is C48H66ClNO6. The van der Waals surface area contributed by atoms with Crippen LogP contribution < -0.4 is 5.32 Å². The first kappa shape index (κ1) is 41.2. The summed E-state index contributed by atoms with van der Waals surface area (Å²) in [5.41, 5.74) is 0.900. The minimum atomic E-state index is -1.17. The van der Waals surface area contributed by atoms with Gasteiger partial charge in [0.05, 0.1) is 17.4 Å². The monoisotopic (exact) mass is 787 g/mol. The van der Waals surface area contributed by atoms with Gasteiger partial charge in [-0.15, -0.1) is 0 Å². The number of ether oxygens (including phenoxy) is 1. The Labute approximate surface area is 340 Å². The molecule has 5 saturated carbocycles. The van der Waals surface area contributed by atoms with Gasteiger partial charge in [0.15, 0.2) is 5.78 Å². The first-order valence-corrected chi connectivity index (χ1v) is 21.8. The topological polar surface area (TPSA) is 110 Å².